The topological polar surface area (TPSA) is 84.6 Å². The van der Waals surface area contributed by atoms with Crippen LogP contribution in [-0.2, 0) is 6.54 Å². The molecule has 0 amide bonds. The van der Waals surface area contributed by atoms with Crippen molar-refractivity contribution < 1.29 is 19.2 Å². The fourth-order valence-corrected chi connectivity index (χ4v) is 1.69. The third-order valence-corrected chi connectivity index (χ3v) is 2.82. The van der Waals surface area contributed by atoms with Crippen LogP contribution in [0.15, 0.2) is 28.9 Å². The Balaban J connectivity index is 2.14. The number of hydrogen-bond acceptors (Lipinski definition) is 5. The molecule has 0 aliphatic heterocycles. The number of halogens is 1. The second-order valence-electron chi connectivity index (χ2n) is 3.67. The molecule has 100 valence electrons. The van der Waals surface area contributed by atoms with E-state index in [4.69, 9.17) is 26.0 Å². The van der Waals surface area contributed by atoms with Gasteiger partial charge in [-0.1, -0.05) is 16.8 Å². The maximum Gasteiger partial charge on any atom is 0.341 e. The first-order chi connectivity index (χ1) is 9.11. The van der Waals surface area contributed by atoms with E-state index in [2.05, 4.69) is 10.5 Å². The molecule has 1 heterocycles. The van der Waals surface area contributed by atoms with E-state index in [-0.39, 0.29) is 17.9 Å². The predicted molar refractivity (Wildman–Crippen MR) is 68.8 cm³/mol. The number of aromatic nitrogens is 1. The Morgan fingerprint density at radius 3 is 3.05 bits per heavy atom. The summed E-state index contributed by atoms with van der Waals surface area (Å²) in [6.07, 6.45) is 1.16. The standard InChI is InChI=1S/C12H11ClN2O4/c1-18-7-2-3-9(13)10(4-7)14-6-11-8(12(16)17)5-15-19-11/h2-5,14H,6H2,1H3,(H,16,17). The molecule has 0 atom stereocenters. The van der Waals surface area contributed by atoms with Crippen molar-refractivity contribution in [3.8, 4) is 5.75 Å². The first-order valence-electron chi connectivity index (χ1n) is 5.36. The minimum Gasteiger partial charge on any atom is -0.497 e. The Hall–Kier alpha value is -2.21. The lowest BCUT2D eigenvalue weighted by Gasteiger charge is -2.08. The number of benzene rings is 1. The maximum atomic E-state index is 10.9. The van der Waals surface area contributed by atoms with E-state index in [0.717, 1.165) is 6.20 Å². The second-order valence-corrected chi connectivity index (χ2v) is 4.07. The summed E-state index contributed by atoms with van der Waals surface area (Å²) in [6.45, 7) is 0.161. The monoisotopic (exact) mass is 282 g/mol. The largest absolute Gasteiger partial charge is 0.497 e. The average molecular weight is 283 g/mol. The number of nitrogens with zero attached hydrogens (tertiary/aromatic N) is 1. The zero-order valence-corrected chi connectivity index (χ0v) is 10.8. The molecule has 0 unspecified atom stereocenters. The van der Waals surface area contributed by atoms with E-state index in [0.29, 0.717) is 16.5 Å². The van der Waals surface area contributed by atoms with Gasteiger partial charge >= 0.3 is 5.97 Å². The van der Waals surface area contributed by atoms with Gasteiger partial charge in [-0.25, -0.2) is 4.79 Å². The molecule has 0 saturated carbocycles. The number of aromatic carboxylic acids is 1. The lowest BCUT2D eigenvalue weighted by molar-refractivity contribution is 0.0694. The number of carboxylic acid groups (broad SMARTS) is 1. The van der Waals surface area contributed by atoms with Crippen molar-refractivity contribution in [1.82, 2.24) is 5.16 Å². The number of anilines is 1. The highest BCUT2D eigenvalue weighted by Gasteiger charge is 2.15. The highest BCUT2D eigenvalue weighted by atomic mass is 35.5. The van der Waals surface area contributed by atoms with Crippen LogP contribution in [0, 0.1) is 0 Å². The molecule has 0 aliphatic rings. The lowest BCUT2D eigenvalue weighted by Crippen LogP contribution is -2.05. The number of methoxy groups -OCH3 is 1. The fourth-order valence-electron chi connectivity index (χ4n) is 1.51. The highest BCUT2D eigenvalue weighted by Crippen LogP contribution is 2.27. The Labute approximate surface area is 113 Å². The lowest BCUT2D eigenvalue weighted by atomic mass is 10.2. The van der Waals surface area contributed by atoms with Gasteiger partial charge in [0.15, 0.2) is 5.76 Å². The van der Waals surface area contributed by atoms with Crippen LogP contribution >= 0.6 is 11.6 Å². The van der Waals surface area contributed by atoms with Crippen molar-refractivity contribution >= 4 is 23.3 Å². The summed E-state index contributed by atoms with van der Waals surface area (Å²) < 4.78 is 9.96. The van der Waals surface area contributed by atoms with Gasteiger partial charge in [0.2, 0.25) is 0 Å². The van der Waals surface area contributed by atoms with Gasteiger partial charge in [-0.15, -0.1) is 0 Å². The molecule has 1 aromatic carbocycles. The normalized spacial score (nSPS) is 10.2. The quantitative estimate of drug-likeness (QED) is 0.877. The number of rotatable bonds is 5. The van der Waals surface area contributed by atoms with E-state index in [9.17, 15) is 4.79 Å². The van der Waals surface area contributed by atoms with Crippen LogP contribution in [0.5, 0.6) is 5.75 Å². The van der Waals surface area contributed by atoms with Gasteiger partial charge in [0.25, 0.3) is 0 Å². The number of hydrogen-bond donors (Lipinski definition) is 2. The zero-order chi connectivity index (χ0) is 13.8. The van der Waals surface area contributed by atoms with Crippen LogP contribution in [0.4, 0.5) is 5.69 Å². The molecule has 0 fully saturated rings. The summed E-state index contributed by atoms with van der Waals surface area (Å²) >= 11 is 6.02. The van der Waals surface area contributed by atoms with Gasteiger partial charge in [0, 0.05) is 6.07 Å². The number of carbonyl (C=O) groups is 1. The Bertz CT molecular complexity index is 597. The van der Waals surface area contributed by atoms with Crippen LogP contribution in [0.25, 0.3) is 0 Å². The van der Waals surface area contributed by atoms with Gasteiger partial charge in [-0.2, -0.15) is 0 Å². The zero-order valence-electron chi connectivity index (χ0n) is 10.0. The SMILES string of the molecule is COc1ccc(Cl)c(NCc2oncc2C(=O)O)c1. The number of ether oxygens (including phenoxy) is 1. The van der Waals surface area contributed by atoms with Crippen LogP contribution in [0.1, 0.15) is 16.1 Å². The third-order valence-electron chi connectivity index (χ3n) is 2.49. The predicted octanol–water partition coefficient (Wildman–Crippen LogP) is 2.65. The van der Waals surface area contributed by atoms with E-state index < -0.39 is 5.97 Å². The molecule has 2 N–H and O–H groups in total. The van der Waals surface area contributed by atoms with Gasteiger partial charge in [0.1, 0.15) is 11.3 Å². The van der Waals surface area contributed by atoms with Crippen LogP contribution < -0.4 is 10.1 Å². The average Bonchev–Trinajstić information content (AvgIpc) is 2.86. The third kappa shape index (κ3) is 2.97. The van der Waals surface area contributed by atoms with Crippen LogP contribution in [-0.4, -0.2) is 23.3 Å². The summed E-state index contributed by atoms with van der Waals surface area (Å²) in [6, 6.07) is 5.12. The van der Waals surface area contributed by atoms with Crippen LogP contribution in [0.3, 0.4) is 0 Å². The van der Waals surface area contributed by atoms with E-state index >= 15 is 0 Å². The molecule has 7 heteroatoms. The molecule has 2 aromatic rings. The molecular weight excluding hydrogens is 272 g/mol. The van der Waals surface area contributed by atoms with Crippen LogP contribution in [0.2, 0.25) is 5.02 Å². The molecule has 6 nitrogen and oxygen atoms in total. The molecular formula is C12H11ClN2O4. The molecule has 0 aliphatic carbocycles. The molecule has 0 saturated heterocycles. The summed E-state index contributed by atoms with van der Waals surface area (Å²) in [5.74, 6) is -0.218. The second kappa shape index (κ2) is 5.62. The summed E-state index contributed by atoms with van der Waals surface area (Å²) in [5.41, 5.74) is 0.639. The fraction of sp³-hybridized carbons (Fsp3) is 0.167. The summed E-state index contributed by atoms with van der Waals surface area (Å²) in [4.78, 5) is 10.9. The molecule has 0 radical (unpaired) electrons. The van der Waals surface area contributed by atoms with E-state index in [1.54, 1.807) is 25.3 Å². The van der Waals surface area contributed by atoms with Gasteiger partial charge in [-0.05, 0) is 12.1 Å². The van der Waals surface area contributed by atoms with Crippen molar-refractivity contribution in [2.45, 2.75) is 6.54 Å². The van der Waals surface area contributed by atoms with Crippen molar-refractivity contribution in [2.24, 2.45) is 0 Å². The Kier molecular flexibility index (Phi) is 3.91. The molecule has 0 bridgehead atoms. The smallest absolute Gasteiger partial charge is 0.341 e. The maximum absolute atomic E-state index is 10.9. The summed E-state index contributed by atoms with van der Waals surface area (Å²) in [5, 5.41) is 15.8. The minimum absolute atomic E-state index is 0.0199. The number of nitrogens with one attached hydrogen (secondary N) is 1. The van der Waals surface area contributed by atoms with Gasteiger partial charge < -0.3 is 19.7 Å². The Morgan fingerprint density at radius 1 is 1.58 bits per heavy atom. The first kappa shape index (κ1) is 13.2. The van der Waals surface area contributed by atoms with Crippen molar-refractivity contribution in [2.75, 3.05) is 12.4 Å². The molecule has 1 aromatic heterocycles. The summed E-state index contributed by atoms with van der Waals surface area (Å²) in [7, 11) is 1.55. The molecule has 19 heavy (non-hydrogen) atoms. The van der Waals surface area contributed by atoms with Gasteiger partial charge in [0.05, 0.1) is 30.6 Å². The first-order valence-corrected chi connectivity index (χ1v) is 5.74. The Morgan fingerprint density at radius 2 is 2.37 bits per heavy atom. The van der Waals surface area contributed by atoms with Crippen molar-refractivity contribution in [3.05, 3.63) is 40.7 Å². The highest BCUT2D eigenvalue weighted by molar-refractivity contribution is 6.33. The molecule has 0 spiro atoms. The van der Waals surface area contributed by atoms with Crippen molar-refractivity contribution in [1.29, 1.82) is 0 Å². The van der Waals surface area contributed by atoms with E-state index in [1.165, 1.54) is 0 Å². The molecule has 2 rings (SSSR count). The minimum atomic E-state index is -1.09. The van der Waals surface area contributed by atoms with Gasteiger partial charge in [-0.3, -0.25) is 0 Å². The van der Waals surface area contributed by atoms with Crippen molar-refractivity contribution in [3.63, 3.8) is 0 Å². The number of carboxylic acids is 1. The van der Waals surface area contributed by atoms with E-state index in [1.807, 2.05) is 0 Å².